The number of benzene rings is 2. The monoisotopic (exact) mass is 454 g/mol. The molecule has 0 aliphatic heterocycles. The number of amides is 1. The summed E-state index contributed by atoms with van der Waals surface area (Å²) >= 11 is 0. The highest BCUT2D eigenvalue weighted by atomic mass is 16.7. The SMILES string of the molecule is CCN(CCOC)c1ccc(C(=O)NOC(=O)c2cc(O)c3c(c2O)[C@H]2CC[C@@H]3C2)c(C)c1. The van der Waals surface area contributed by atoms with Crippen molar-refractivity contribution in [2.45, 2.75) is 44.9 Å². The molecular formula is C25H30N2O6. The molecule has 4 rings (SSSR count). The minimum Gasteiger partial charge on any atom is -0.508 e. The standard InChI is InChI=1S/C25H30N2O6/c1-4-27(9-10-32-3)17-7-8-18(14(2)11-17)24(30)26-33-25(31)19-13-20(28)21-15-5-6-16(12-15)22(21)23(19)29/h7-8,11,13,15-16,28-29H,4-6,9-10,12H2,1-3H3,(H,26,30)/t15-,16+/m1/s1. The fourth-order valence-electron chi connectivity index (χ4n) is 5.17. The number of aryl methyl sites for hydroxylation is 1. The molecule has 33 heavy (non-hydrogen) atoms. The average molecular weight is 455 g/mol. The number of fused-ring (bicyclic) bond motifs is 5. The lowest BCUT2D eigenvalue weighted by molar-refractivity contribution is 0.0226. The molecule has 8 heteroatoms. The van der Waals surface area contributed by atoms with Crippen molar-refractivity contribution < 1.29 is 29.4 Å². The third-order valence-electron chi connectivity index (χ3n) is 6.83. The van der Waals surface area contributed by atoms with Gasteiger partial charge in [0.1, 0.15) is 17.1 Å². The maximum Gasteiger partial charge on any atom is 0.366 e. The number of phenolic OH excluding ortho intramolecular Hbond substituents is 2. The van der Waals surface area contributed by atoms with E-state index >= 15 is 0 Å². The molecule has 2 aromatic carbocycles. The number of hydrogen-bond acceptors (Lipinski definition) is 7. The molecule has 0 aromatic heterocycles. The quantitative estimate of drug-likeness (QED) is 0.432. The van der Waals surface area contributed by atoms with Gasteiger partial charge in [0, 0.05) is 42.6 Å². The van der Waals surface area contributed by atoms with Gasteiger partial charge in [-0.25, -0.2) is 4.79 Å². The Kier molecular flexibility index (Phi) is 6.47. The number of nitrogens with one attached hydrogen (secondary N) is 1. The Hall–Kier alpha value is -3.26. The van der Waals surface area contributed by atoms with Crippen LogP contribution in [0.4, 0.5) is 5.69 Å². The molecule has 0 spiro atoms. The largest absolute Gasteiger partial charge is 0.508 e. The molecule has 0 radical (unpaired) electrons. The van der Waals surface area contributed by atoms with Crippen LogP contribution in [0.3, 0.4) is 0 Å². The summed E-state index contributed by atoms with van der Waals surface area (Å²) in [4.78, 5) is 32.4. The number of hydrogen-bond donors (Lipinski definition) is 3. The number of carbonyl (C=O) groups is 2. The maximum atomic E-state index is 12.6. The predicted octanol–water partition coefficient (Wildman–Crippen LogP) is 3.75. The van der Waals surface area contributed by atoms with Crippen LogP contribution in [0, 0.1) is 6.92 Å². The number of likely N-dealkylation sites (N-methyl/N-ethyl adjacent to an activating group) is 1. The number of phenols is 2. The molecule has 8 nitrogen and oxygen atoms in total. The van der Waals surface area contributed by atoms with Crippen molar-refractivity contribution in [2.75, 3.05) is 31.7 Å². The van der Waals surface area contributed by atoms with Crippen LogP contribution in [0.2, 0.25) is 0 Å². The summed E-state index contributed by atoms with van der Waals surface area (Å²) in [6, 6.07) is 6.64. The van der Waals surface area contributed by atoms with Crippen molar-refractivity contribution in [3.63, 3.8) is 0 Å². The van der Waals surface area contributed by atoms with E-state index in [1.165, 1.54) is 6.07 Å². The highest BCUT2D eigenvalue weighted by Gasteiger charge is 2.42. The Morgan fingerprint density at radius 1 is 1.12 bits per heavy atom. The third kappa shape index (κ3) is 4.23. The lowest BCUT2D eigenvalue weighted by atomic mass is 9.88. The van der Waals surface area contributed by atoms with Gasteiger partial charge in [0.25, 0.3) is 5.91 Å². The molecular weight excluding hydrogens is 424 g/mol. The molecule has 2 atom stereocenters. The number of methoxy groups -OCH3 is 1. The van der Waals surface area contributed by atoms with Gasteiger partial charge in [-0.15, -0.1) is 0 Å². The van der Waals surface area contributed by atoms with Gasteiger partial charge in [0.15, 0.2) is 0 Å². The van der Waals surface area contributed by atoms with E-state index in [1.54, 1.807) is 13.2 Å². The summed E-state index contributed by atoms with van der Waals surface area (Å²) in [6.45, 7) is 5.97. The molecule has 176 valence electrons. The Labute approximate surface area is 193 Å². The number of aromatic hydroxyl groups is 2. The first kappa shape index (κ1) is 22.9. The smallest absolute Gasteiger partial charge is 0.366 e. The molecule has 1 amide bonds. The summed E-state index contributed by atoms with van der Waals surface area (Å²) in [5.41, 5.74) is 5.47. The van der Waals surface area contributed by atoms with Crippen molar-refractivity contribution in [2.24, 2.45) is 0 Å². The third-order valence-corrected chi connectivity index (χ3v) is 6.83. The van der Waals surface area contributed by atoms with E-state index in [9.17, 15) is 19.8 Å². The number of anilines is 1. The van der Waals surface area contributed by atoms with E-state index < -0.39 is 11.9 Å². The number of ether oxygens (including phenoxy) is 1. The predicted molar refractivity (Wildman–Crippen MR) is 123 cm³/mol. The second kappa shape index (κ2) is 9.31. The van der Waals surface area contributed by atoms with Gasteiger partial charge in [0.2, 0.25) is 0 Å². The van der Waals surface area contributed by atoms with Crippen LogP contribution in [0.1, 0.15) is 75.4 Å². The zero-order valence-corrected chi connectivity index (χ0v) is 19.2. The number of hydroxylamine groups is 1. The minimum atomic E-state index is -0.923. The Balaban J connectivity index is 1.45. The molecule has 1 fully saturated rings. The van der Waals surface area contributed by atoms with Crippen LogP contribution in [0.25, 0.3) is 0 Å². The normalized spacial score (nSPS) is 18.2. The first-order valence-electron chi connectivity index (χ1n) is 11.3. The molecule has 2 aromatic rings. The van der Waals surface area contributed by atoms with Gasteiger partial charge < -0.3 is 24.7 Å². The molecule has 1 saturated carbocycles. The van der Waals surface area contributed by atoms with Crippen molar-refractivity contribution in [3.8, 4) is 11.5 Å². The second-order valence-electron chi connectivity index (χ2n) is 8.72. The van der Waals surface area contributed by atoms with Gasteiger partial charge >= 0.3 is 5.97 Å². The van der Waals surface area contributed by atoms with Gasteiger partial charge in [-0.05, 0) is 74.8 Å². The maximum absolute atomic E-state index is 12.6. The van der Waals surface area contributed by atoms with Gasteiger partial charge in [-0.3, -0.25) is 4.79 Å². The zero-order chi connectivity index (χ0) is 23.7. The summed E-state index contributed by atoms with van der Waals surface area (Å²) in [7, 11) is 1.65. The summed E-state index contributed by atoms with van der Waals surface area (Å²) < 4.78 is 5.15. The Morgan fingerprint density at radius 3 is 2.52 bits per heavy atom. The minimum absolute atomic E-state index is 0.00587. The van der Waals surface area contributed by atoms with Crippen LogP contribution in [-0.4, -0.2) is 48.9 Å². The number of rotatable bonds is 7. The zero-order valence-electron chi connectivity index (χ0n) is 19.2. The van der Waals surface area contributed by atoms with E-state index in [4.69, 9.17) is 9.57 Å². The average Bonchev–Trinajstić information content (AvgIpc) is 3.43. The van der Waals surface area contributed by atoms with Crippen molar-refractivity contribution in [1.82, 2.24) is 5.48 Å². The highest BCUT2D eigenvalue weighted by Crippen LogP contribution is 2.59. The number of carbonyl (C=O) groups excluding carboxylic acids is 2. The summed E-state index contributed by atoms with van der Waals surface area (Å²) in [6.07, 6.45) is 2.78. The van der Waals surface area contributed by atoms with E-state index in [-0.39, 0.29) is 28.9 Å². The molecule has 2 bridgehead atoms. The topological polar surface area (TPSA) is 108 Å². The molecule has 0 saturated heterocycles. The fourth-order valence-corrected chi connectivity index (χ4v) is 5.17. The molecule has 2 aliphatic rings. The highest BCUT2D eigenvalue weighted by molar-refractivity contribution is 5.98. The summed E-state index contributed by atoms with van der Waals surface area (Å²) in [5.74, 6) is -1.29. The van der Waals surface area contributed by atoms with Gasteiger partial charge in [0.05, 0.1) is 6.61 Å². The number of nitrogens with zero attached hydrogens (tertiary/aromatic N) is 1. The second-order valence-corrected chi connectivity index (χ2v) is 8.72. The Morgan fingerprint density at radius 2 is 1.85 bits per heavy atom. The molecule has 3 N–H and O–H groups in total. The van der Waals surface area contributed by atoms with Crippen LogP contribution in [0.5, 0.6) is 11.5 Å². The van der Waals surface area contributed by atoms with Gasteiger partial charge in [-0.1, -0.05) is 0 Å². The first-order valence-corrected chi connectivity index (χ1v) is 11.3. The van der Waals surface area contributed by atoms with Crippen LogP contribution < -0.4 is 10.4 Å². The van der Waals surface area contributed by atoms with Crippen molar-refractivity contribution in [3.05, 3.63) is 52.1 Å². The Bertz CT molecular complexity index is 1080. The first-order chi connectivity index (χ1) is 15.8. The fraction of sp³-hybridized carbons (Fsp3) is 0.440. The van der Waals surface area contributed by atoms with Crippen LogP contribution >= 0.6 is 0 Å². The van der Waals surface area contributed by atoms with Crippen molar-refractivity contribution in [1.29, 1.82) is 0 Å². The molecule has 0 unspecified atom stereocenters. The molecule has 2 aliphatic carbocycles. The molecule has 0 heterocycles. The van der Waals surface area contributed by atoms with E-state index in [2.05, 4.69) is 10.4 Å². The van der Waals surface area contributed by atoms with Crippen LogP contribution in [0.15, 0.2) is 24.3 Å². The van der Waals surface area contributed by atoms with Crippen molar-refractivity contribution >= 4 is 17.6 Å². The lowest BCUT2D eigenvalue weighted by Gasteiger charge is -2.23. The van der Waals surface area contributed by atoms with Gasteiger partial charge in [-0.2, -0.15) is 5.48 Å². The van der Waals surface area contributed by atoms with E-state index in [0.29, 0.717) is 17.7 Å². The summed E-state index contributed by atoms with van der Waals surface area (Å²) in [5, 5.41) is 21.1. The lowest BCUT2D eigenvalue weighted by Crippen LogP contribution is -2.29. The van der Waals surface area contributed by atoms with E-state index in [1.807, 2.05) is 26.0 Å². The van der Waals surface area contributed by atoms with Crippen LogP contribution in [-0.2, 0) is 9.57 Å². The van der Waals surface area contributed by atoms with E-state index in [0.717, 1.165) is 49.2 Å².